The maximum Gasteiger partial charge on any atom is 0.397 e. The van der Waals surface area contributed by atoms with Crippen molar-refractivity contribution in [1.82, 2.24) is 10.3 Å². The van der Waals surface area contributed by atoms with Crippen molar-refractivity contribution >= 4 is 23.8 Å². The standard InChI is InChI=1S/C37H44N2O10/c1-19-16-20(2)37-24(13-14-25-28(37)29(40)21(3)31(32(25)49-37)48-34(42)26-12-9-15-38-26)17-27(45-5)35(43)47-30(19)22(4)46-36(44)33(41)39-18-23-10-7-6-8-11-23/h6-16,19,21-22,24-25,27-32,38,40H,17-18H2,1-5H3,(H,39,41)/b20-16+/t19-,21-,22-,24-,25?,27+,28?,29-,30+,31-,32-,37+/m1/s1. The summed E-state index contributed by atoms with van der Waals surface area (Å²) in [5.74, 6) is -5.22. The summed E-state index contributed by atoms with van der Waals surface area (Å²) >= 11 is 0. The Morgan fingerprint density at radius 3 is 2.57 bits per heavy atom. The lowest BCUT2D eigenvalue weighted by molar-refractivity contribution is -0.180. The third-order valence-electron chi connectivity index (χ3n) is 10.7. The van der Waals surface area contributed by atoms with Crippen LogP contribution in [0.3, 0.4) is 0 Å². The molecule has 3 N–H and O–H groups in total. The van der Waals surface area contributed by atoms with Crippen molar-refractivity contribution < 1.29 is 48.0 Å². The number of amides is 1. The SMILES string of the molecule is CO[C@H]1C[C@H]2C=CC3C4[C@H](O)[C@@H](C)[C@@H](OC(=O)c5ccc[nH]5)[C@@H]3O[C@]42/C(C)=C/[C@@H](C)[C@@H]([C@@H](C)OC(=O)C(=O)NCc2ccccc2)OC1=O. The molecular weight excluding hydrogens is 632 g/mol. The molecule has 12 heteroatoms. The maximum absolute atomic E-state index is 13.6. The molecule has 4 bridgehead atoms. The number of benzene rings is 1. The number of hydrogen-bond donors (Lipinski definition) is 3. The van der Waals surface area contributed by atoms with Gasteiger partial charge in [-0.2, -0.15) is 0 Å². The number of H-pyrrole nitrogens is 1. The Kier molecular flexibility index (Phi) is 9.83. The van der Waals surface area contributed by atoms with E-state index in [-0.39, 0.29) is 24.8 Å². The van der Waals surface area contributed by atoms with Crippen molar-refractivity contribution in [3.8, 4) is 0 Å². The average molecular weight is 677 g/mol. The fourth-order valence-electron chi connectivity index (χ4n) is 8.27. The number of rotatable bonds is 7. The highest BCUT2D eigenvalue weighted by Gasteiger charge is 2.69. The lowest BCUT2D eigenvalue weighted by Gasteiger charge is -2.48. The summed E-state index contributed by atoms with van der Waals surface area (Å²) in [7, 11) is 1.42. The van der Waals surface area contributed by atoms with Gasteiger partial charge in [-0.1, -0.05) is 62.4 Å². The maximum atomic E-state index is 13.6. The number of aliphatic hydroxyl groups is 1. The number of methoxy groups -OCH3 is 1. The number of nitrogens with one attached hydrogen (secondary N) is 2. The first-order valence-corrected chi connectivity index (χ1v) is 16.8. The third-order valence-corrected chi connectivity index (χ3v) is 10.7. The molecule has 3 heterocycles. The van der Waals surface area contributed by atoms with E-state index in [2.05, 4.69) is 10.3 Å². The zero-order chi connectivity index (χ0) is 35.0. The van der Waals surface area contributed by atoms with Gasteiger partial charge >= 0.3 is 23.8 Å². The molecule has 1 spiro atoms. The van der Waals surface area contributed by atoms with Crippen LogP contribution in [0, 0.1) is 29.6 Å². The molecule has 1 saturated heterocycles. The van der Waals surface area contributed by atoms with Gasteiger partial charge < -0.3 is 39.1 Å². The summed E-state index contributed by atoms with van der Waals surface area (Å²) < 4.78 is 30.2. The summed E-state index contributed by atoms with van der Waals surface area (Å²) in [5, 5.41) is 14.5. The van der Waals surface area contributed by atoms with Crippen molar-refractivity contribution in [2.45, 2.75) is 82.9 Å². The van der Waals surface area contributed by atoms with Gasteiger partial charge in [0.05, 0.1) is 6.10 Å². The highest BCUT2D eigenvalue weighted by molar-refractivity contribution is 6.32. The van der Waals surface area contributed by atoms with Crippen molar-refractivity contribution in [2.75, 3.05) is 7.11 Å². The fraction of sp³-hybridized carbons (Fsp3) is 0.514. The van der Waals surface area contributed by atoms with Crippen LogP contribution in [0.15, 0.2) is 72.5 Å². The normalized spacial score (nSPS) is 36.7. The molecule has 1 aromatic heterocycles. The Morgan fingerprint density at radius 1 is 1.12 bits per heavy atom. The average Bonchev–Trinajstić information content (AvgIpc) is 3.70. The van der Waals surface area contributed by atoms with Crippen LogP contribution in [0.1, 0.15) is 50.2 Å². The van der Waals surface area contributed by atoms with Gasteiger partial charge in [0, 0.05) is 49.4 Å². The van der Waals surface area contributed by atoms with Gasteiger partial charge in [0.25, 0.3) is 0 Å². The quantitative estimate of drug-likeness (QED) is 0.172. The van der Waals surface area contributed by atoms with E-state index in [0.717, 1.165) is 11.1 Å². The second-order valence-electron chi connectivity index (χ2n) is 13.6. The molecule has 2 aliphatic heterocycles. The molecular formula is C37H44N2O10. The van der Waals surface area contributed by atoms with Gasteiger partial charge in [-0.3, -0.25) is 4.79 Å². The van der Waals surface area contributed by atoms with Gasteiger partial charge in [-0.25, -0.2) is 14.4 Å². The predicted molar refractivity (Wildman–Crippen MR) is 174 cm³/mol. The van der Waals surface area contributed by atoms with E-state index in [1.807, 2.05) is 69.3 Å². The molecule has 2 aliphatic carbocycles. The van der Waals surface area contributed by atoms with Crippen LogP contribution in [0.5, 0.6) is 0 Å². The van der Waals surface area contributed by atoms with Gasteiger partial charge in [-0.15, -0.1) is 0 Å². The smallest absolute Gasteiger partial charge is 0.397 e. The van der Waals surface area contributed by atoms with Crippen LogP contribution in [0.2, 0.25) is 0 Å². The lowest BCUT2D eigenvalue weighted by atomic mass is 9.57. The number of ether oxygens (including phenoxy) is 5. The number of hydrogen-bond acceptors (Lipinski definition) is 10. The molecule has 2 fully saturated rings. The molecule has 0 radical (unpaired) electrons. The summed E-state index contributed by atoms with van der Waals surface area (Å²) in [4.78, 5) is 55.0. The van der Waals surface area contributed by atoms with Gasteiger partial charge in [0.1, 0.15) is 35.7 Å². The first-order valence-electron chi connectivity index (χ1n) is 16.8. The number of carbonyl (C=O) groups excluding carboxylic acids is 4. The molecule has 2 unspecified atom stereocenters. The number of carbonyl (C=O) groups is 4. The molecule has 6 rings (SSSR count). The highest BCUT2D eigenvalue weighted by atomic mass is 16.6. The second-order valence-corrected chi connectivity index (χ2v) is 13.6. The minimum absolute atomic E-state index is 0.146. The Hall–Kier alpha value is -4.26. The Morgan fingerprint density at radius 2 is 1.88 bits per heavy atom. The molecule has 1 saturated carbocycles. The van der Waals surface area contributed by atoms with E-state index < -0.39 is 83.8 Å². The number of aromatic amines is 1. The van der Waals surface area contributed by atoms with Crippen LogP contribution >= 0.6 is 0 Å². The lowest BCUT2D eigenvalue weighted by Crippen LogP contribution is -2.57. The minimum atomic E-state index is -1.10. The summed E-state index contributed by atoms with van der Waals surface area (Å²) in [6.07, 6.45) is 2.56. The molecule has 262 valence electrons. The van der Waals surface area contributed by atoms with Crippen molar-refractivity contribution in [3.05, 3.63) is 83.7 Å². The number of cyclic esters (lactones) is 1. The van der Waals surface area contributed by atoms with Crippen LogP contribution in [-0.2, 0) is 44.6 Å². The fourth-order valence-corrected chi connectivity index (χ4v) is 8.27. The van der Waals surface area contributed by atoms with Crippen LogP contribution in [0.25, 0.3) is 0 Å². The molecule has 4 aliphatic rings. The molecule has 12 atom stereocenters. The van der Waals surface area contributed by atoms with E-state index in [1.54, 1.807) is 25.3 Å². The number of aliphatic hydroxyl groups excluding tert-OH is 1. The summed E-state index contributed by atoms with van der Waals surface area (Å²) in [5.41, 5.74) is 0.858. The highest BCUT2D eigenvalue weighted by Crippen LogP contribution is 2.61. The zero-order valence-electron chi connectivity index (χ0n) is 28.2. The molecule has 1 amide bonds. The van der Waals surface area contributed by atoms with Crippen LogP contribution < -0.4 is 5.32 Å². The Bertz CT molecular complexity index is 1610. The summed E-state index contributed by atoms with van der Waals surface area (Å²) in [6.45, 7) is 7.32. The van der Waals surface area contributed by atoms with Gasteiger partial charge in [0.15, 0.2) is 6.10 Å². The summed E-state index contributed by atoms with van der Waals surface area (Å²) in [6, 6.07) is 12.5. The molecule has 1 aromatic carbocycles. The van der Waals surface area contributed by atoms with Gasteiger partial charge in [-0.05, 0) is 43.5 Å². The number of esters is 3. The first kappa shape index (κ1) is 34.6. The van der Waals surface area contributed by atoms with Crippen molar-refractivity contribution in [1.29, 1.82) is 0 Å². The van der Waals surface area contributed by atoms with E-state index in [4.69, 9.17) is 23.7 Å². The van der Waals surface area contributed by atoms with Crippen molar-refractivity contribution in [3.63, 3.8) is 0 Å². The molecule has 49 heavy (non-hydrogen) atoms. The monoisotopic (exact) mass is 676 g/mol. The zero-order valence-corrected chi connectivity index (χ0v) is 28.2. The second kappa shape index (κ2) is 13.9. The van der Waals surface area contributed by atoms with Crippen LogP contribution in [-0.4, -0.2) is 83.2 Å². The third kappa shape index (κ3) is 6.33. The van der Waals surface area contributed by atoms with Crippen molar-refractivity contribution in [2.24, 2.45) is 29.6 Å². The van der Waals surface area contributed by atoms with Gasteiger partial charge in [0.2, 0.25) is 0 Å². The molecule has 2 aromatic rings. The van der Waals surface area contributed by atoms with E-state index in [1.165, 1.54) is 7.11 Å². The van der Waals surface area contributed by atoms with E-state index >= 15 is 0 Å². The topological polar surface area (TPSA) is 162 Å². The predicted octanol–water partition coefficient (Wildman–Crippen LogP) is 3.27. The minimum Gasteiger partial charge on any atom is -0.456 e. The first-order chi connectivity index (χ1) is 23.5. The largest absolute Gasteiger partial charge is 0.456 e. The van der Waals surface area contributed by atoms with E-state index in [0.29, 0.717) is 5.69 Å². The molecule has 12 nitrogen and oxygen atoms in total. The Balaban J connectivity index is 1.27. The number of aromatic nitrogens is 1. The Labute approximate surface area is 285 Å². The van der Waals surface area contributed by atoms with E-state index in [9.17, 15) is 24.3 Å². The van der Waals surface area contributed by atoms with Crippen LogP contribution in [0.4, 0.5) is 0 Å².